The molecule has 4 rings (SSSR count). The summed E-state index contributed by atoms with van der Waals surface area (Å²) in [5.41, 5.74) is 2.44. The Morgan fingerprint density at radius 1 is 1.21 bits per heavy atom. The number of rotatable bonds is 6. The molecule has 0 spiro atoms. The van der Waals surface area contributed by atoms with Crippen LogP contribution in [0.3, 0.4) is 0 Å². The van der Waals surface area contributed by atoms with Gasteiger partial charge in [-0.1, -0.05) is 19.0 Å². The zero-order valence-corrected chi connectivity index (χ0v) is 16.7. The molecule has 0 aliphatic carbocycles. The van der Waals surface area contributed by atoms with E-state index in [-0.39, 0.29) is 18.6 Å². The van der Waals surface area contributed by atoms with Crippen molar-refractivity contribution in [1.82, 2.24) is 19.9 Å². The van der Waals surface area contributed by atoms with Gasteiger partial charge in [-0.2, -0.15) is 5.10 Å². The maximum absolute atomic E-state index is 12.9. The van der Waals surface area contributed by atoms with E-state index in [9.17, 15) is 4.79 Å². The van der Waals surface area contributed by atoms with Crippen molar-refractivity contribution in [2.75, 3.05) is 0 Å². The molecule has 0 bridgehead atoms. The van der Waals surface area contributed by atoms with E-state index in [1.165, 1.54) is 0 Å². The average molecular weight is 394 g/mol. The maximum atomic E-state index is 12.9. The summed E-state index contributed by atoms with van der Waals surface area (Å²) in [5, 5.41) is 9.00. The summed E-state index contributed by atoms with van der Waals surface area (Å²) in [6.45, 7) is 8.10. The molecular weight excluding hydrogens is 372 g/mol. The second kappa shape index (κ2) is 7.54. The molecule has 0 aromatic carbocycles. The minimum absolute atomic E-state index is 0.0117. The number of hydrogen-bond donors (Lipinski definition) is 0. The van der Waals surface area contributed by atoms with Gasteiger partial charge in [0.15, 0.2) is 11.4 Å². The lowest BCUT2D eigenvalue weighted by molar-refractivity contribution is 0.0466. The fourth-order valence-electron chi connectivity index (χ4n) is 3.01. The average Bonchev–Trinajstić information content (AvgIpc) is 3.44. The van der Waals surface area contributed by atoms with Gasteiger partial charge in [-0.3, -0.25) is 0 Å². The van der Waals surface area contributed by atoms with E-state index in [0.717, 1.165) is 5.69 Å². The predicted octanol–water partition coefficient (Wildman–Crippen LogP) is 4.74. The summed E-state index contributed by atoms with van der Waals surface area (Å²) in [4.78, 5) is 17.6. The number of carbonyl (C=O) groups excluding carboxylic acids is 1. The minimum Gasteiger partial charge on any atom is -0.461 e. The Kier molecular flexibility index (Phi) is 4.92. The molecule has 0 atom stereocenters. The van der Waals surface area contributed by atoms with Gasteiger partial charge in [-0.15, -0.1) is 0 Å². The zero-order chi connectivity index (χ0) is 20.5. The number of pyridine rings is 1. The fourth-order valence-corrected chi connectivity index (χ4v) is 3.01. The maximum Gasteiger partial charge on any atom is 0.339 e. The van der Waals surface area contributed by atoms with Crippen LogP contribution in [0, 0.1) is 0 Å². The van der Waals surface area contributed by atoms with Crippen molar-refractivity contribution in [3.05, 3.63) is 53.7 Å². The zero-order valence-electron chi connectivity index (χ0n) is 16.7. The quantitative estimate of drug-likeness (QED) is 0.436. The SMILES string of the molecule is CC(C)c1cc(C(=O)OCc2cc(-c3ccco3)on2)c2cnn(C(C)C)c2n1. The third-order valence-corrected chi connectivity index (χ3v) is 4.56. The first kappa shape index (κ1) is 18.9. The van der Waals surface area contributed by atoms with Gasteiger partial charge in [-0.05, 0) is 38.0 Å². The van der Waals surface area contributed by atoms with E-state index < -0.39 is 5.97 Å². The van der Waals surface area contributed by atoms with Gasteiger partial charge in [0.25, 0.3) is 0 Å². The number of esters is 1. The van der Waals surface area contributed by atoms with Crippen molar-refractivity contribution >= 4 is 17.0 Å². The van der Waals surface area contributed by atoms with Crippen molar-refractivity contribution in [2.24, 2.45) is 0 Å². The van der Waals surface area contributed by atoms with Crippen LogP contribution in [-0.4, -0.2) is 25.9 Å². The topological polar surface area (TPSA) is 96.2 Å². The standard InChI is InChI=1S/C21H22N4O4/c1-12(2)17-9-15(16-10-22-25(13(3)4)20(16)23-17)21(26)28-11-14-8-19(29-24-14)18-6-5-7-27-18/h5-10,12-13H,11H2,1-4H3. The first-order chi connectivity index (χ1) is 13.9. The number of fused-ring (bicyclic) bond motifs is 1. The molecule has 0 aliphatic rings. The van der Waals surface area contributed by atoms with Crippen LogP contribution in [0.25, 0.3) is 22.6 Å². The Balaban J connectivity index is 1.59. The summed E-state index contributed by atoms with van der Waals surface area (Å²) in [6.07, 6.45) is 3.21. The highest BCUT2D eigenvalue weighted by Gasteiger charge is 2.20. The largest absolute Gasteiger partial charge is 0.461 e. The lowest BCUT2D eigenvalue weighted by Crippen LogP contribution is -2.10. The first-order valence-corrected chi connectivity index (χ1v) is 9.48. The van der Waals surface area contributed by atoms with Crippen molar-refractivity contribution in [3.63, 3.8) is 0 Å². The van der Waals surface area contributed by atoms with E-state index in [4.69, 9.17) is 18.7 Å². The summed E-state index contributed by atoms with van der Waals surface area (Å²) in [7, 11) is 0. The number of aromatic nitrogens is 4. The van der Waals surface area contributed by atoms with Crippen molar-refractivity contribution in [2.45, 2.75) is 46.3 Å². The Bertz CT molecular complexity index is 1140. The van der Waals surface area contributed by atoms with Crippen LogP contribution >= 0.6 is 0 Å². The van der Waals surface area contributed by atoms with Gasteiger partial charge in [0.1, 0.15) is 12.3 Å². The molecule has 29 heavy (non-hydrogen) atoms. The predicted molar refractivity (Wildman–Crippen MR) is 105 cm³/mol. The summed E-state index contributed by atoms with van der Waals surface area (Å²) < 4.78 is 17.8. The molecule has 4 aromatic rings. The van der Waals surface area contributed by atoms with Gasteiger partial charge in [0.2, 0.25) is 5.76 Å². The third-order valence-electron chi connectivity index (χ3n) is 4.56. The molecule has 150 valence electrons. The molecule has 0 fully saturated rings. The number of nitrogens with zero attached hydrogens (tertiary/aromatic N) is 4. The smallest absolute Gasteiger partial charge is 0.339 e. The van der Waals surface area contributed by atoms with Gasteiger partial charge in [0, 0.05) is 17.8 Å². The van der Waals surface area contributed by atoms with Crippen molar-refractivity contribution in [3.8, 4) is 11.5 Å². The van der Waals surface area contributed by atoms with E-state index in [1.54, 1.807) is 36.7 Å². The van der Waals surface area contributed by atoms with Gasteiger partial charge < -0.3 is 13.7 Å². The van der Waals surface area contributed by atoms with Crippen LogP contribution in [0.2, 0.25) is 0 Å². The van der Waals surface area contributed by atoms with Gasteiger partial charge >= 0.3 is 5.97 Å². The molecule has 0 saturated heterocycles. The second-order valence-electron chi connectivity index (χ2n) is 7.41. The highest BCUT2D eigenvalue weighted by Crippen LogP contribution is 2.26. The Labute approximate surface area is 167 Å². The van der Waals surface area contributed by atoms with Crippen LogP contribution in [0.5, 0.6) is 0 Å². The molecular formula is C21H22N4O4. The molecule has 0 saturated carbocycles. The second-order valence-corrected chi connectivity index (χ2v) is 7.41. The monoisotopic (exact) mass is 394 g/mol. The molecule has 8 nitrogen and oxygen atoms in total. The van der Waals surface area contributed by atoms with E-state index >= 15 is 0 Å². The highest BCUT2D eigenvalue weighted by molar-refractivity contribution is 6.02. The first-order valence-electron chi connectivity index (χ1n) is 9.48. The van der Waals surface area contributed by atoms with Crippen molar-refractivity contribution < 1.29 is 18.5 Å². The number of ether oxygens (including phenoxy) is 1. The number of hydrogen-bond acceptors (Lipinski definition) is 7. The van der Waals surface area contributed by atoms with Gasteiger partial charge in [-0.25, -0.2) is 14.5 Å². The lowest BCUT2D eigenvalue weighted by atomic mass is 10.1. The van der Waals surface area contributed by atoms with Crippen molar-refractivity contribution in [1.29, 1.82) is 0 Å². The van der Waals surface area contributed by atoms with Crippen LogP contribution in [-0.2, 0) is 11.3 Å². The van der Waals surface area contributed by atoms with E-state index in [0.29, 0.717) is 33.8 Å². The summed E-state index contributed by atoms with van der Waals surface area (Å²) >= 11 is 0. The molecule has 0 unspecified atom stereocenters. The Morgan fingerprint density at radius 2 is 2.03 bits per heavy atom. The molecule has 0 radical (unpaired) electrons. The highest BCUT2D eigenvalue weighted by atomic mass is 16.5. The normalized spacial score (nSPS) is 11.7. The van der Waals surface area contributed by atoms with Crippen LogP contribution in [0.4, 0.5) is 0 Å². The van der Waals surface area contributed by atoms with Gasteiger partial charge in [0.05, 0.1) is 23.4 Å². The lowest BCUT2D eigenvalue weighted by Gasteiger charge is -2.11. The van der Waals surface area contributed by atoms with Crippen LogP contribution < -0.4 is 0 Å². The molecule has 4 aromatic heterocycles. The minimum atomic E-state index is -0.454. The third kappa shape index (κ3) is 3.65. The number of furan rings is 1. The fraction of sp³-hybridized carbons (Fsp3) is 0.333. The molecule has 0 N–H and O–H groups in total. The Hall–Kier alpha value is -3.42. The molecule has 0 aliphatic heterocycles. The summed E-state index contributed by atoms with van der Waals surface area (Å²) in [6, 6.07) is 7.12. The van der Waals surface area contributed by atoms with E-state index in [2.05, 4.69) is 10.3 Å². The molecule has 4 heterocycles. The van der Waals surface area contributed by atoms with Crippen LogP contribution in [0.1, 0.15) is 61.4 Å². The van der Waals surface area contributed by atoms with Crippen LogP contribution in [0.15, 0.2) is 45.7 Å². The number of carbonyl (C=O) groups is 1. The molecule has 8 heteroatoms. The Morgan fingerprint density at radius 3 is 2.72 bits per heavy atom. The summed E-state index contributed by atoms with van der Waals surface area (Å²) in [5.74, 6) is 0.749. The molecule has 0 amide bonds. The van der Waals surface area contributed by atoms with E-state index in [1.807, 2.05) is 32.4 Å².